The summed E-state index contributed by atoms with van der Waals surface area (Å²) in [4.78, 5) is 106. The quantitative estimate of drug-likeness (QED) is 0.150. The lowest BCUT2D eigenvalue weighted by Gasteiger charge is -2.38. The highest BCUT2D eigenvalue weighted by atomic mass is 16.2. The summed E-state index contributed by atoms with van der Waals surface area (Å²) in [5, 5.41) is 13.4. The van der Waals surface area contributed by atoms with Gasteiger partial charge in [-0.05, 0) is 59.4 Å². The van der Waals surface area contributed by atoms with Crippen LogP contribution in [-0.2, 0) is 24.0 Å². The number of anilines is 1. The first kappa shape index (κ1) is 43.6. The molecule has 6 rings (SSSR count). The molecule has 6 N–H and O–H groups in total. The number of aromatic nitrogens is 2. The summed E-state index contributed by atoms with van der Waals surface area (Å²) in [6, 6.07) is 8.58. The van der Waals surface area contributed by atoms with E-state index in [1.807, 2.05) is 36.4 Å². The second-order valence-corrected chi connectivity index (χ2v) is 17.6. The number of Topliss-reactive ketones (excluding diaryl/α,β-unsaturated/α-hetero) is 1. The van der Waals surface area contributed by atoms with Crippen LogP contribution >= 0.6 is 0 Å². The number of carbonyl (C=O) groups is 7. The number of benzene rings is 2. The molecule has 2 aromatic carbocycles. The SMILES string of the molecule is CN(C(=O)[C@@H](NC(=O)[C@@H](NC(=O)c1cnccn1)C1CCCCC1)C(C)(C)C)[C@H]1CN(C(=O)Nc2ccc3ccccc3c2)C[C@H]1C(=O)N[C@@H](CC1CCC1)C(=O)C(N)=O. The Balaban J connectivity index is 1.25. The number of rotatable bonds is 14. The van der Waals surface area contributed by atoms with Gasteiger partial charge in [-0.25, -0.2) is 9.78 Å². The number of ketones is 1. The van der Waals surface area contributed by atoms with Crippen molar-refractivity contribution in [2.24, 2.45) is 28.9 Å². The van der Waals surface area contributed by atoms with E-state index in [2.05, 4.69) is 31.2 Å². The highest BCUT2D eigenvalue weighted by Gasteiger charge is 2.47. The van der Waals surface area contributed by atoms with Gasteiger partial charge in [0.05, 0.1) is 24.2 Å². The zero-order chi connectivity index (χ0) is 43.1. The number of likely N-dealkylation sites (tertiary alicyclic amines) is 1. The largest absolute Gasteiger partial charge is 0.363 e. The van der Waals surface area contributed by atoms with E-state index in [1.165, 1.54) is 35.4 Å². The molecule has 2 aliphatic carbocycles. The topological polar surface area (TPSA) is 226 Å². The van der Waals surface area contributed by atoms with Crippen LogP contribution in [0.15, 0.2) is 61.1 Å². The van der Waals surface area contributed by atoms with Gasteiger partial charge in [0.25, 0.3) is 11.8 Å². The van der Waals surface area contributed by atoms with Gasteiger partial charge in [0.2, 0.25) is 23.5 Å². The van der Waals surface area contributed by atoms with Crippen molar-refractivity contribution in [2.75, 3.05) is 25.5 Å². The van der Waals surface area contributed by atoms with E-state index >= 15 is 0 Å². The van der Waals surface area contributed by atoms with E-state index in [0.29, 0.717) is 18.5 Å². The Bertz CT molecular complexity index is 2080. The summed E-state index contributed by atoms with van der Waals surface area (Å²) in [5.41, 5.74) is 5.15. The van der Waals surface area contributed by atoms with Crippen LogP contribution in [0.2, 0.25) is 0 Å². The van der Waals surface area contributed by atoms with E-state index < -0.39 is 76.9 Å². The molecule has 1 saturated heterocycles. The number of carbonyl (C=O) groups excluding carboxylic acids is 7. The minimum Gasteiger partial charge on any atom is -0.363 e. The predicted molar refractivity (Wildman–Crippen MR) is 224 cm³/mol. The number of primary amides is 1. The van der Waals surface area contributed by atoms with Crippen molar-refractivity contribution in [3.05, 3.63) is 66.7 Å². The van der Waals surface area contributed by atoms with Crippen LogP contribution in [0.5, 0.6) is 0 Å². The van der Waals surface area contributed by atoms with Gasteiger partial charge < -0.3 is 36.8 Å². The fourth-order valence-electron chi connectivity index (χ4n) is 8.56. The molecule has 7 amide bonds. The number of hydrogen-bond donors (Lipinski definition) is 5. The Kier molecular flexibility index (Phi) is 13.8. The molecule has 1 aromatic heterocycles. The van der Waals surface area contributed by atoms with Gasteiger partial charge in [-0.1, -0.05) is 89.6 Å². The first-order valence-corrected chi connectivity index (χ1v) is 20.9. The maximum Gasteiger partial charge on any atom is 0.321 e. The van der Waals surface area contributed by atoms with Gasteiger partial charge in [-0.15, -0.1) is 0 Å². The number of likely N-dealkylation sites (N-methyl/N-ethyl adjacent to an activating group) is 1. The van der Waals surface area contributed by atoms with Crippen molar-refractivity contribution >= 4 is 57.8 Å². The van der Waals surface area contributed by atoms with Crippen molar-refractivity contribution in [1.82, 2.24) is 35.7 Å². The van der Waals surface area contributed by atoms with E-state index in [4.69, 9.17) is 5.73 Å². The zero-order valence-electron chi connectivity index (χ0n) is 34.8. The summed E-state index contributed by atoms with van der Waals surface area (Å²) >= 11 is 0. The molecule has 2 saturated carbocycles. The highest BCUT2D eigenvalue weighted by Crippen LogP contribution is 2.32. The standard InChI is InChI=1S/C44H57N9O7/c1-44(2,3)37(51-41(58)35(28-14-6-5-7-15-28)50-40(57)33-23-46-19-20-47-33)42(59)52(4)34-25-53(43(60)48-30-18-17-27-13-8-9-16-29(27)22-30)24-31(34)39(56)49-32(36(54)38(45)55)21-26-11-10-12-26/h8-9,13,16-20,22-23,26,28,31-32,34-35,37H,5-7,10-12,14-15,21,24-25H2,1-4H3,(H2,45,55)(H,48,60)(H,49,56)(H,50,57)(H,51,58)/t31-,32+,34+,35+,37-/m1/s1. The number of nitrogens with two attached hydrogens (primary N) is 1. The molecule has 0 bridgehead atoms. The van der Waals surface area contributed by atoms with Gasteiger partial charge in [-0.3, -0.25) is 33.8 Å². The Morgan fingerprint density at radius 3 is 2.22 bits per heavy atom. The molecule has 2 heterocycles. The van der Waals surface area contributed by atoms with Gasteiger partial charge in [0, 0.05) is 38.2 Å². The molecule has 3 aliphatic rings. The molecule has 5 atom stereocenters. The molecular weight excluding hydrogens is 767 g/mol. The second-order valence-electron chi connectivity index (χ2n) is 17.6. The van der Waals surface area contributed by atoms with Crippen LogP contribution in [0.25, 0.3) is 10.8 Å². The molecule has 1 aliphatic heterocycles. The third-order valence-corrected chi connectivity index (χ3v) is 12.3. The van der Waals surface area contributed by atoms with E-state index in [9.17, 15) is 33.6 Å². The summed E-state index contributed by atoms with van der Waals surface area (Å²) < 4.78 is 0. The monoisotopic (exact) mass is 823 g/mol. The van der Waals surface area contributed by atoms with Crippen LogP contribution in [0.4, 0.5) is 10.5 Å². The Labute approximate surface area is 350 Å². The molecule has 16 heteroatoms. The summed E-state index contributed by atoms with van der Waals surface area (Å²) in [6.07, 6.45) is 11.3. The Morgan fingerprint density at radius 2 is 1.58 bits per heavy atom. The third kappa shape index (κ3) is 10.4. The van der Waals surface area contributed by atoms with Crippen molar-refractivity contribution in [2.45, 2.75) is 103 Å². The zero-order valence-corrected chi connectivity index (χ0v) is 34.8. The average molecular weight is 824 g/mol. The predicted octanol–water partition coefficient (Wildman–Crippen LogP) is 3.56. The smallest absolute Gasteiger partial charge is 0.321 e. The molecular formula is C44H57N9O7. The first-order chi connectivity index (χ1) is 28.6. The lowest BCUT2D eigenvalue weighted by atomic mass is 9.80. The van der Waals surface area contributed by atoms with Crippen LogP contribution < -0.4 is 27.0 Å². The lowest BCUT2D eigenvalue weighted by Crippen LogP contribution is -2.61. The van der Waals surface area contributed by atoms with Gasteiger partial charge >= 0.3 is 6.03 Å². The molecule has 0 radical (unpaired) electrons. The van der Waals surface area contributed by atoms with Gasteiger partial charge in [-0.2, -0.15) is 0 Å². The molecule has 60 heavy (non-hydrogen) atoms. The molecule has 0 spiro atoms. The van der Waals surface area contributed by atoms with Gasteiger partial charge in [0.15, 0.2) is 0 Å². The maximum absolute atomic E-state index is 14.8. The molecule has 16 nitrogen and oxygen atoms in total. The number of fused-ring (bicyclic) bond motifs is 1. The van der Waals surface area contributed by atoms with Crippen molar-refractivity contribution in [3.8, 4) is 0 Å². The average Bonchev–Trinajstić information content (AvgIpc) is 3.68. The van der Waals surface area contributed by atoms with Gasteiger partial charge in [0.1, 0.15) is 17.8 Å². The summed E-state index contributed by atoms with van der Waals surface area (Å²) in [7, 11) is 1.53. The minimum absolute atomic E-state index is 0.0551. The maximum atomic E-state index is 14.8. The third-order valence-electron chi connectivity index (χ3n) is 12.3. The van der Waals surface area contributed by atoms with Crippen LogP contribution in [0.1, 0.15) is 89.0 Å². The number of urea groups is 1. The van der Waals surface area contributed by atoms with Crippen molar-refractivity contribution in [3.63, 3.8) is 0 Å². The highest BCUT2D eigenvalue weighted by molar-refractivity contribution is 6.37. The summed E-state index contributed by atoms with van der Waals surface area (Å²) in [5.74, 6) is -5.34. The van der Waals surface area contributed by atoms with Crippen LogP contribution in [0, 0.1) is 23.2 Å². The number of amides is 7. The molecule has 3 aromatic rings. The van der Waals surface area contributed by atoms with Crippen molar-refractivity contribution < 1.29 is 33.6 Å². The molecule has 0 unspecified atom stereocenters. The number of hydrogen-bond acceptors (Lipinski definition) is 9. The molecule has 320 valence electrons. The van der Waals surface area contributed by atoms with E-state index in [1.54, 1.807) is 26.8 Å². The fourth-order valence-corrected chi connectivity index (χ4v) is 8.56. The molecule has 3 fully saturated rings. The first-order valence-electron chi connectivity index (χ1n) is 20.9. The Hall–Kier alpha value is -5.93. The normalized spacial score (nSPS) is 19.9. The number of nitrogens with one attached hydrogen (secondary N) is 4. The van der Waals surface area contributed by atoms with Crippen LogP contribution in [0.3, 0.4) is 0 Å². The Morgan fingerprint density at radius 1 is 0.867 bits per heavy atom. The minimum atomic E-state index is -1.16. The lowest BCUT2D eigenvalue weighted by molar-refractivity contribution is -0.143. The second kappa shape index (κ2) is 19.0. The van der Waals surface area contributed by atoms with Crippen LogP contribution in [-0.4, -0.2) is 105 Å². The summed E-state index contributed by atoms with van der Waals surface area (Å²) in [6.45, 7) is 5.25. The van der Waals surface area contributed by atoms with Crippen molar-refractivity contribution in [1.29, 1.82) is 0 Å². The fraction of sp³-hybridized carbons (Fsp3) is 0.523. The van der Waals surface area contributed by atoms with E-state index in [0.717, 1.165) is 49.3 Å². The number of nitrogens with zero attached hydrogens (tertiary/aromatic N) is 4. The van der Waals surface area contributed by atoms with E-state index in [-0.39, 0.29) is 37.0 Å².